The first-order valence-corrected chi connectivity index (χ1v) is 9.04. The maximum Gasteiger partial charge on any atom is 0.224 e. The van der Waals surface area contributed by atoms with E-state index in [-0.39, 0.29) is 10.9 Å². The van der Waals surface area contributed by atoms with Gasteiger partial charge in [0.15, 0.2) is 0 Å². The summed E-state index contributed by atoms with van der Waals surface area (Å²) < 4.78 is 13.2. The SMILES string of the molecule is O=C(CC1CCCCC1)Nc1ccc(Cl)c(F)c1.c1cscn1. The lowest BCUT2D eigenvalue weighted by molar-refractivity contribution is -0.117. The van der Waals surface area contributed by atoms with Crippen LogP contribution in [0.25, 0.3) is 0 Å². The molecule has 6 heteroatoms. The summed E-state index contributed by atoms with van der Waals surface area (Å²) in [6.45, 7) is 0. The van der Waals surface area contributed by atoms with Gasteiger partial charge in [-0.1, -0.05) is 30.9 Å². The van der Waals surface area contributed by atoms with Crippen LogP contribution in [0.5, 0.6) is 0 Å². The fourth-order valence-electron chi connectivity index (χ4n) is 2.62. The smallest absolute Gasteiger partial charge is 0.224 e. The minimum atomic E-state index is -0.507. The first kappa shape index (κ1) is 17.9. The second-order valence-corrected chi connectivity index (χ2v) is 6.72. The normalized spacial score (nSPS) is 14.7. The van der Waals surface area contributed by atoms with Crippen LogP contribution in [0.2, 0.25) is 5.02 Å². The van der Waals surface area contributed by atoms with Crippen LogP contribution in [0.3, 0.4) is 0 Å². The first-order valence-electron chi connectivity index (χ1n) is 7.72. The van der Waals surface area contributed by atoms with E-state index in [2.05, 4.69) is 10.3 Å². The van der Waals surface area contributed by atoms with Crippen LogP contribution in [0.15, 0.2) is 35.3 Å². The lowest BCUT2D eigenvalue weighted by atomic mass is 9.87. The molecule has 1 amide bonds. The molecule has 3 rings (SSSR count). The molecule has 1 N–H and O–H groups in total. The van der Waals surface area contributed by atoms with E-state index in [1.165, 1.54) is 31.4 Å². The van der Waals surface area contributed by atoms with Gasteiger partial charge >= 0.3 is 0 Å². The van der Waals surface area contributed by atoms with Crippen LogP contribution >= 0.6 is 22.9 Å². The Hall–Kier alpha value is -1.46. The number of nitrogens with zero attached hydrogens (tertiary/aromatic N) is 1. The molecule has 1 heterocycles. The van der Waals surface area contributed by atoms with Crippen molar-refractivity contribution < 1.29 is 9.18 Å². The summed E-state index contributed by atoms with van der Waals surface area (Å²) in [4.78, 5) is 15.6. The van der Waals surface area contributed by atoms with Crippen LogP contribution in [0.4, 0.5) is 10.1 Å². The third-order valence-electron chi connectivity index (χ3n) is 3.75. The average Bonchev–Trinajstić information content (AvgIpc) is 3.11. The number of halogens is 2. The molecule has 3 nitrogen and oxygen atoms in total. The van der Waals surface area contributed by atoms with Gasteiger partial charge in [-0.3, -0.25) is 9.78 Å². The Morgan fingerprint density at radius 3 is 2.70 bits per heavy atom. The molecule has 1 saturated carbocycles. The molecule has 1 aliphatic rings. The van der Waals surface area contributed by atoms with Crippen LogP contribution in [0.1, 0.15) is 38.5 Å². The number of amides is 1. The van der Waals surface area contributed by atoms with Crippen molar-refractivity contribution in [1.29, 1.82) is 0 Å². The van der Waals surface area contributed by atoms with E-state index in [0.29, 0.717) is 18.0 Å². The zero-order chi connectivity index (χ0) is 16.5. The van der Waals surface area contributed by atoms with Crippen LogP contribution in [0, 0.1) is 11.7 Å². The number of rotatable bonds is 3. The Bertz CT molecular complexity index is 583. The maximum absolute atomic E-state index is 13.2. The zero-order valence-electron chi connectivity index (χ0n) is 12.8. The number of carbonyl (C=O) groups is 1. The molecule has 0 aliphatic heterocycles. The highest BCUT2D eigenvalue weighted by molar-refractivity contribution is 7.07. The Kier molecular flexibility index (Phi) is 7.49. The Labute approximate surface area is 144 Å². The second kappa shape index (κ2) is 9.63. The highest BCUT2D eigenvalue weighted by atomic mass is 35.5. The summed E-state index contributed by atoms with van der Waals surface area (Å²) in [5, 5.41) is 4.72. The van der Waals surface area contributed by atoms with Gasteiger partial charge in [-0.05, 0) is 37.0 Å². The summed E-state index contributed by atoms with van der Waals surface area (Å²) in [6.07, 6.45) is 8.27. The molecule has 23 heavy (non-hydrogen) atoms. The van der Waals surface area contributed by atoms with E-state index in [9.17, 15) is 9.18 Å². The summed E-state index contributed by atoms with van der Waals surface area (Å²) in [5.41, 5.74) is 2.26. The van der Waals surface area contributed by atoms with Crippen LogP contribution in [-0.4, -0.2) is 10.9 Å². The van der Waals surface area contributed by atoms with Gasteiger partial charge in [-0.15, -0.1) is 11.3 Å². The third kappa shape index (κ3) is 6.67. The standard InChI is InChI=1S/C14H17ClFNO.C3H3NS/c15-12-7-6-11(9-13(12)16)17-14(18)8-10-4-2-1-3-5-10;1-2-5-3-4-1/h6-7,9-10H,1-5,8H2,(H,17,18);1-3H. The van der Waals surface area contributed by atoms with E-state index < -0.39 is 5.82 Å². The third-order valence-corrected chi connectivity index (χ3v) is 4.58. The predicted octanol–water partition coefficient (Wildman–Crippen LogP) is 5.53. The van der Waals surface area contributed by atoms with Crippen molar-refractivity contribution in [3.8, 4) is 0 Å². The van der Waals surface area contributed by atoms with Crippen molar-refractivity contribution >= 4 is 34.5 Å². The minimum absolute atomic E-state index is 0.0383. The Balaban J connectivity index is 0.000000326. The van der Waals surface area contributed by atoms with E-state index >= 15 is 0 Å². The van der Waals surface area contributed by atoms with Crippen LogP contribution < -0.4 is 5.32 Å². The Morgan fingerprint density at radius 1 is 1.35 bits per heavy atom. The quantitative estimate of drug-likeness (QED) is 0.787. The minimum Gasteiger partial charge on any atom is -0.326 e. The second-order valence-electron chi connectivity index (χ2n) is 5.56. The van der Waals surface area contributed by atoms with Crippen molar-refractivity contribution in [3.63, 3.8) is 0 Å². The van der Waals surface area contributed by atoms with E-state index in [4.69, 9.17) is 11.6 Å². The first-order chi connectivity index (χ1) is 11.1. The van der Waals surface area contributed by atoms with Crippen LogP contribution in [-0.2, 0) is 4.79 Å². The molecule has 0 unspecified atom stereocenters. The molecule has 0 atom stereocenters. The summed E-state index contributed by atoms with van der Waals surface area (Å²) in [6, 6.07) is 4.32. The number of carbonyl (C=O) groups excluding carboxylic acids is 1. The molecular formula is C17H20ClFN2OS. The fraction of sp³-hybridized carbons (Fsp3) is 0.412. The lowest BCUT2D eigenvalue weighted by Gasteiger charge is -2.20. The largest absolute Gasteiger partial charge is 0.326 e. The van der Waals surface area contributed by atoms with Gasteiger partial charge in [0.2, 0.25) is 5.91 Å². The molecule has 1 aromatic carbocycles. The molecule has 124 valence electrons. The van der Waals surface area contributed by atoms with E-state index in [0.717, 1.165) is 12.8 Å². The van der Waals surface area contributed by atoms with Crippen molar-refractivity contribution in [2.75, 3.05) is 5.32 Å². The summed E-state index contributed by atoms with van der Waals surface area (Å²) >= 11 is 7.19. The van der Waals surface area contributed by atoms with Gasteiger partial charge in [0, 0.05) is 23.7 Å². The molecular weight excluding hydrogens is 335 g/mol. The van der Waals surface area contributed by atoms with E-state index in [1.807, 2.05) is 5.38 Å². The number of hydrogen-bond acceptors (Lipinski definition) is 3. The maximum atomic E-state index is 13.2. The van der Waals surface area contributed by atoms with Gasteiger partial charge in [0.25, 0.3) is 0 Å². The topological polar surface area (TPSA) is 42.0 Å². The summed E-state index contributed by atoms with van der Waals surface area (Å²) in [7, 11) is 0. The molecule has 0 saturated heterocycles. The molecule has 0 radical (unpaired) electrons. The molecule has 2 aromatic rings. The number of hydrogen-bond donors (Lipinski definition) is 1. The monoisotopic (exact) mass is 354 g/mol. The van der Waals surface area contributed by atoms with Gasteiger partial charge in [-0.2, -0.15) is 0 Å². The van der Waals surface area contributed by atoms with Gasteiger partial charge in [0.05, 0.1) is 10.5 Å². The zero-order valence-corrected chi connectivity index (χ0v) is 14.4. The number of benzene rings is 1. The highest BCUT2D eigenvalue weighted by Gasteiger charge is 2.17. The molecule has 0 bridgehead atoms. The molecule has 1 fully saturated rings. The number of nitrogens with one attached hydrogen (secondary N) is 1. The van der Waals surface area contributed by atoms with Crippen molar-refractivity contribution in [3.05, 3.63) is 46.1 Å². The fourth-order valence-corrected chi connectivity index (χ4v) is 3.08. The van der Waals surface area contributed by atoms with E-state index in [1.54, 1.807) is 29.1 Å². The van der Waals surface area contributed by atoms with Crippen molar-refractivity contribution in [2.24, 2.45) is 5.92 Å². The molecule has 0 spiro atoms. The van der Waals surface area contributed by atoms with Crippen molar-refractivity contribution in [1.82, 2.24) is 4.98 Å². The summed E-state index contributed by atoms with van der Waals surface area (Å²) in [5.74, 6) is -0.0633. The number of aromatic nitrogens is 1. The van der Waals surface area contributed by atoms with Gasteiger partial charge < -0.3 is 5.32 Å². The lowest BCUT2D eigenvalue weighted by Crippen LogP contribution is -2.18. The predicted molar refractivity (Wildman–Crippen MR) is 93.3 cm³/mol. The van der Waals surface area contributed by atoms with Gasteiger partial charge in [-0.25, -0.2) is 4.39 Å². The number of thiazole rings is 1. The van der Waals surface area contributed by atoms with Gasteiger partial charge in [0.1, 0.15) is 5.82 Å². The molecule has 1 aromatic heterocycles. The average molecular weight is 355 g/mol. The molecule has 1 aliphatic carbocycles. The van der Waals surface area contributed by atoms with Crippen molar-refractivity contribution in [2.45, 2.75) is 38.5 Å². The number of anilines is 1. The highest BCUT2D eigenvalue weighted by Crippen LogP contribution is 2.27. The Morgan fingerprint density at radius 2 is 2.13 bits per heavy atom.